The van der Waals surface area contributed by atoms with E-state index in [1.54, 1.807) is 18.2 Å². The van der Waals surface area contributed by atoms with E-state index < -0.39 is 4.92 Å². The lowest BCUT2D eigenvalue weighted by atomic mass is 10.0. The van der Waals surface area contributed by atoms with Crippen LogP contribution < -0.4 is 4.74 Å². The highest BCUT2D eigenvalue weighted by atomic mass is 35.5. The topological polar surface area (TPSA) is 81.8 Å². The van der Waals surface area contributed by atoms with Gasteiger partial charge in [0, 0.05) is 40.9 Å². The molecule has 28 heavy (non-hydrogen) atoms. The fourth-order valence-corrected chi connectivity index (χ4v) is 3.10. The van der Waals surface area contributed by atoms with Gasteiger partial charge in [0.2, 0.25) is 0 Å². The van der Waals surface area contributed by atoms with Crippen LogP contribution in [0.3, 0.4) is 0 Å². The van der Waals surface area contributed by atoms with Crippen molar-refractivity contribution in [2.75, 3.05) is 0 Å². The molecule has 0 spiro atoms. The molecule has 0 saturated heterocycles. The van der Waals surface area contributed by atoms with Gasteiger partial charge < -0.3 is 4.74 Å². The number of ketones is 1. The SMILES string of the molecule is O=C1Cc2ccccc2Oc2ccc(N=Cc3cc([N+](=O)[O-])ccc3Cl)cc21. The van der Waals surface area contributed by atoms with Crippen LogP contribution >= 0.6 is 11.6 Å². The Balaban J connectivity index is 1.66. The van der Waals surface area contributed by atoms with E-state index in [4.69, 9.17) is 16.3 Å². The number of halogens is 1. The number of benzene rings is 3. The minimum Gasteiger partial charge on any atom is -0.456 e. The second-order valence-electron chi connectivity index (χ2n) is 6.21. The lowest BCUT2D eigenvalue weighted by Gasteiger charge is -2.08. The Hall–Kier alpha value is -3.51. The van der Waals surface area contributed by atoms with Crippen LogP contribution in [-0.2, 0) is 6.42 Å². The highest BCUT2D eigenvalue weighted by Crippen LogP contribution is 2.35. The molecule has 0 bridgehead atoms. The largest absolute Gasteiger partial charge is 0.456 e. The predicted molar refractivity (Wildman–Crippen MR) is 106 cm³/mol. The Bertz CT molecular complexity index is 1140. The van der Waals surface area contributed by atoms with Crippen molar-refractivity contribution < 1.29 is 14.5 Å². The van der Waals surface area contributed by atoms with Crippen LogP contribution in [0.5, 0.6) is 11.5 Å². The lowest BCUT2D eigenvalue weighted by Crippen LogP contribution is -2.01. The van der Waals surface area contributed by atoms with Gasteiger partial charge in [-0.2, -0.15) is 0 Å². The second kappa shape index (κ2) is 7.25. The van der Waals surface area contributed by atoms with Crippen LogP contribution in [-0.4, -0.2) is 16.9 Å². The van der Waals surface area contributed by atoms with E-state index in [1.165, 1.54) is 24.4 Å². The molecule has 3 aromatic rings. The van der Waals surface area contributed by atoms with Crippen LogP contribution in [0.2, 0.25) is 5.02 Å². The van der Waals surface area contributed by atoms with Crippen molar-refractivity contribution in [3.63, 3.8) is 0 Å². The fraction of sp³-hybridized carbons (Fsp3) is 0.0476. The summed E-state index contributed by atoms with van der Waals surface area (Å²) in [6.45, 7) is 0. The Morgan fingerprint density at radius 3 is 2.71 bits per heavy atom. The van der Waals surface area contributed by atoms with Gasteiger partial charge in [0.25, 0.3) is 5.69 Å². The summed E-state index contributed by atoms with van der Waals surface area (Å²) in [7, 11) is 0. The molecule has 0 atom stereocenters. The summed E-state index contributed by atoms with van der Waals surface area (Å²) < 4.78 is 5.88. The Labute approximate surface area is 165 Å². The minimum atomic E-state index is -0.496. The number of rotatable bonds is 3. The smallest absolute Gasteiger partial charge is 0.270 e. The maximum atomic E-state index is 12.6. The summed E-state index contributed by atoms with van der Waals surface area (Å²) >= 11 is 6.09. The van der Waals surface area contributed by atoms with E-state index in [0.717, 1.165) is 5.56 Å². The number of fused-ring (bicyclic) bond motifs is 2. The average Bonchev–Trinajstić information content (AvgIpc) is 2.82. The molecule has 138 valence electrons. The van der Waals surface area contributed by atoms with Crippen molar-refractivity contribution in [1.82, 2.24) is 0 Å². The number of hydrogen-bond donors (Lipinski definition) is 0. The molecule has 1 heterocycles. The van der Waals surface area contributed by atoms with Gasteiger partial charge in [-0.15, -0.1) is 0 Å². The minimum absolute atomic E-state index is 0.0645. The first kappa shape index (κ1) is 17.9. The normalized spacial score (nSPS) is 12.8. The monoisotopic (exact) mass is 392 g/mol. The van der Waals surface area contributed by atoms with E-state index in [-0.39, 0.29) is 17.9 Å². The van der Waals surface area contributed by atoms with Crippen LogP contribution in [0.25, 0.3) is 0 Å². The van der Waals surface area contributed by atoms with Gasteiger partial charge in [0.1, 0.15) is 11.5 Å². The van der Waals surface area contributed by atoms with E-state index in [2.05, 4.69) is 4.99 Å². The Kier molecular flexibility index (Phi) is 4.63. The highest BCUT2D eigenvalue weighted by Gasteiger charge is 2.21. The fourth-order valence-electron chi connectivity index (χ4n) is 2.93. The quantitative estimate of drug-likeness (QED) is 0.333. The number of nitro benzene ring substituents is 1. The summed E-state index contributed by atoms with van der Waals surface area (Å²) in [5.41, 5.74) is 2.13. The van der Waals surface area contributed by atoms with Gasteiger partial charge in [0.15, 0.2) is 5.78 Å². The van der Waals surface area contributed by atoms with Crippen molar-refractivity contribution >= 4 is 35.0 Å². The standard InChI is InChI=1S/C21H13ClN2O4/c22-18-7-6-16(24(26)27)9-14(18)12-23-15-5-8-21-17(11-15)19(25)10-13-3-1-2-4-20(13)28-21/h1-9,11-12H,10H2. The van der Waals surface area contributed by atoms with Crippen molar-refractivity contribution in [3.8, 4) is 11.5 Å². The van der Waals surface area contributed by atoms with Gasteiger partial charge in [-0.25, -0.2) is 0 Å². The second-order valence-corrected chi connectivity index (χ2v) is 6.62. The third-order valence-corrected chi connectivity index (χ3v) is 4.69. The number of nitro groups is 1. The van der Waals surface area contributed by atoms with E-state index in [1.807, 2.05) is 24.3 Å². The van der Waals surface area contributed by atoms with E-state index >= 15 is 0 Å². The zero-order valence-electron chi connectivity index (χ0n) is 14.5. The molecule has 0 fully saturated rings. The maximum absolute atomic E-state index is 12.6. The molecule has 0 N–H and O–H groups in total. The van der Waals surface area contributed by atoms with Crippen LogP contribution in [0.1, 0.15) is 21.5 Å². The van der Waals surface area contributed by atoms with Crippen LogP contribution in [0.15, 0.2) is 65.7 Å². The maximum Gasteiger partial charge on any atom is 0.270 e. The first-order chi connectivity index (χ1) is 13.5. The van der Waals surface area contributed by atoms with E-state index in [0.29, 0.717) is 33.3 Å². The molecule has 0 aromatic heterocycles. The van der Waals surface area contributed by atoms with Gasteiger partial charge in [0.05, 0.1) is 16.2 Å². The molecule has 7 heteroatoms. The molecule has 6 nitrogen and oxygen atoms in total. The molecule has 1 aliphatic rings. The van der Waals surface area contributed by atoms with Gasteiger partial charge in [-0.1, -0.05) is 29.8 Å². The van der Waals surface area contributed by atoms with Crippen molar-refractivity contribution in [1.29, 1.82) is 0 Å². The number of nitrogens with zero attached hydrogens (tertiary/aromatic N) is 2. The Morgan fingerprint density at radius 2 is 1.89 bits per heavy atom. The molecule has 0 radical (unpaired) electrons. The van der Waals surface area contributed by atoms with Gasteiger partial charge in [-0.3, -0.25) is 19.9 Å². The predicted octanol–water partition coefficient (Wildman–Crippen LogP) is 5.53. The van der Waals surface area contributed by atoms with Gasteiger partial charge in [-0.05, 0) is 30.3 Å². The first-order valence-electron chi connectivity index (χ1n) is 8.42. The molecule has 4 rings (SSSR count). The highest BCUT2D eigenvalue weighted by molar-refractivity contribution is 6.33. The molecule has 0 saturated carbocycles. The average molecular weight is 393 g/mol. The number of ether oxygens (including phenoxy) is 1. The van der Waals surface area contributed by atoms with E-state index in [9.17, 15) is 14.9 Å². The van der Waals surface area contributed by atoms with Crippen molar-refractivity contribution in [2.24, 2.45) is 4.99 Å². The van der Waals surface area contributed by atoms with Gasteiger partial charge >= 0.3 is 0 Å². The first-order valence-corrected chi connectivity index (χ1v) is 8.80. The summed E-state index contributed by atoms with van der Waals surface area (Å²) in [6, 6.07) is 16.6. The van der Waals surface area contributed by atoms with Crippen molar-refractivity contribution in [3.05, 3.63) is 92.5 Å². The zero-order chi connectivity index (χ0) is 19.7. The molecular weight excluding hydrogens is 380 g/mol. The Morgan fingerprint density at radius 1 is 1.07 bits per heavy atom. The third kappa shape index (κ3) is 3.50. The number of para-hydroxylation sites is 1. The summed E-state index contributed by atoms with van der Waals surface area (Å²) in [5.74, 6) is 1.07. The molecular formula is C21H13ClN2O4. The lowest BCUT2D eigenvalue weighted by molar-refractivity contribution is -0.384. The number of hydrogen-bond acceptors (Lipinski definition) is 5. The number of Topliss-reactive ketones (excluding diaryl/α,β-unsaturated/α-hetero) is 1. The summed E-state index contributed by atoms with van der Waals surface area (Å²) in [5, 5.41) is 11.3. The molecule has 3 aromatic carbocycles. The van der Waals surface area contributed by atoms with Crippen LogP contribution in [0.4, 0.5) is 11.4 Å². The molecule has 0 unspecified atom stereocenters. The van der Waals surface area contributed by atoms with Crippen molar-refractivity contribution in [2.45, 2.75) is 6.42 Å². The number of carbonyl (C=O) groups is 1. The third-order valence-electron chi connectivity index (χ3n) is 4.35. The molecule has 0 aliphatic carbocycles. The number of carbonyl (C=O) groups excluding carboxylic acids is 1. The molecule has 1 aliphatic heterocycles. The number of non-ortho nitro benzene ring substituents is 1. The molecule has 0 amide bonds. The van der Waals surface area contributed by atoms with Crippen LogP contribution in [0, 0.1) is 10.1 Å². The summed E-state index contributed by atoms with van der Waals surface area (Å²) in [4.78, 5) is 27.4. The zero-order valence-corrected chi connectivity index (χ0v) is 15.2. The number of aliphatic imine (C=N–C) groups is 1. The summed E-state index contributed by atoms with van der Waals surface area (Å²) in [6.07, 6.45) is 1.68.